The molecule has 2 aliphatic heterocycles. The van der Waals surface area contributed by atoms with Crippen molar-refractivity contribution >= 4 is 99.3 Å². The minimum Gasteiger partial charge on any atom is -0.456 e. The highest BCUT2D eigenvalue weighted by Crippen LogP contribution is 2.58. The fourth-order valence-corrected chi connectivity index (χ4v) is 13.0. The van der Waals surface area contributed by atoms with Gasteiger partial charge in [0.2, 0.25) is 0 Å². The first-order valence-electron chi connectivity index (χ1n) is 21.9. The van der Waals surface area contributed by atoms with Gasteiger partial charge in [-0.05, 0) is 85.6 Å². The van der Waals surface area contributed by atoms with Crippen LogP contribution in [0.15, 0.2) is 162 Å². The molecule has 0 atom stereocenters. The second-order valence-corrected chi connectivity index (χ2v) is 20.2. The minimum atomic E-state index is -0.221. The smallest absolute Gasteiger partial charge is 0.333 e. The Morgan fingerprint density at radius 3 is 2.18 bits per heavy atom. The van der Waals surface area contributed by atoms with E-state index in [0.29, 0.717) is 0 Å². The van der Waals surface area contributed by atoms with Gasteiger partial charge < -0.3 is 13.8 Å². The van der Waals surface area contributed by atoms with E-state index >= 15 is 0 Å². The van der Waals surface area contributed by atoms with Gasteiger partial charge in [-0.2, -0.15) is 0 Å². The topological polar surface area (TPSA) is 21.3 Å². The first-order valence-corrected chi connectivity index (χ1v) is 22.7. The molecular weight excluding hydrogens is 772 g/mol. The first kappa shape index (κ1) is 34.8. The fourth-order valence-electron chi connectivity index (χ4n) is 11.8. The van der Waals surface area contributed by atoms with E-state index in [4.69, 9.17) is 4.42 Å². The van der Waals surface area contributed by atoms with Gasteiger partial charge >= 0.3 is 6.85 Å². The van der Waals surface area contributed by atoms with Crippen molar-refractivity contribution < 1.29 is 4.42 Å². The molecule has 62 heavy (non-hydrogen) atoms. The molecule has 0 amide bonds. The highest BCUT2D eigenvalue weighted by atomic mass is 32.1. The van der Waals surface area contributed by atoms with E-state index in [1.807, 2.05) is 11.3 Å². The quantitative estimate of drug-likeness (QED) is 0.162. The van der Waals surface area contributed by atoms with Crippen molar-refractivity contribution in [1.82, 2.24) is 4.48 Å². The second kappa shape index (κ2) is 11.8. The van der Waals surface area contributed by atoms with Gasteiger partial charge in [0.05, 0.1) is 10.5 Å². The Morgan fingerprint density at radius 2 is 1.32 bits per heavy atom. The summed E-state index contributed by atoms with van der Waals surface area (Å²) in [6, 6.07) is 59.4. The Morgan fingerprint density at radius 1 is 0.581 bits per heavy atom. The summed E-state index contributed by atoms with van der Waals surface area (Å²) >= 11 is 1.93. The van der Waals surface area contributed by atoms with Gasteiger partial charge in [-0.15, -0.1) is 11.3 Å². The molecule has 0 bridgehead atoms. The van der Waals surface area contributed by atoms with Gasteiger partial charge in [0.15, 0.2) is 0 Å². The SMILES string of the molecule is CC(C)(C)c1ccc(N2c3cc4oc5ccccc5c4cc3B3c4c2cc2c(c4-c4cccc5c6c7ccccc7sc6n3c45)C(C)(C)c3ccccc3-2)c(-c2ccccc2)c1. The van der Waals surface area contributed by atoms with Gasteiger partial charge in [-0.25, -0.2) is 0 Å². The molecule has 3 nitrogen and oxygen atoms in total. The average Bonchev–Trinajstić information content (AvgIpc) is 4.00. The standard InChI is InChI=1S/C57H41BN2OS/c1-56(2,3)33-26-27-44(39(28-33)32-16-7-6-8-17-32)59-45-31-48-40(35-19-10-13-24-47(35)61-48)29-43(45)58-53-46(59)30-41-34-18-9-12-23-42(34)57(4,5)52(41)51(53)38-22-15-21-37-50-36-20-11-14-25-49(36)62-55(50)60(58)54(37)38/h6-31H,1-5H3. The summed E-state index contributed by atoms with van der Waals surface area (Å²) in [5.41, 5.74) is 21.0. The lowest BCUT2D eigenvalue weighted by molar-refractivity contribution is 0.590. The highest BCUT2D eigenvalue weighted by molar-refractivity contribution is 7.26. The monoisotopic (exact) mass is 812 g/mol. The summed E-state index contributed by atoms with van der Waals surface area (Å²) in [5.74, 6) is 0. The summed E-state index contributed by atoms with van der Waals surface area (Å²) in [7, 11) is 0. The molecule has 14 rings (SSSR count). The Kier molecular flexibility index (Phi) is 6.61. The largest absolute Gasteiger partial charge is 0.456 e. The third kappa shape index (κ3) is 4.32. The molecule has 0 fully saturated rings. The average molecular weight is 813 g/mol. The number of para-hydroxylation sites is 2. The van der Waals surface area contributed by atoms with E-state index in [1.165, 1.54) is 97.9 Å². The van der Waals surface area contributed by atoms with Crippen molar-refractivity contribution in [3.63, 3.8) is 0 Å². The molecule has 5 heteroatoms. The second-order valence-electron chi connectivity index (χ2n) is 19.2. The van der Waals surface area contributed by atoms with E-state index in [-0.39, 0.29) is 17.7 Å². The molecule has 0 N–H and O–H groups in total. The Labute approximate surface area is 364 Å². The molecule has 8 aromatic carbocycles. The number of rotatable bonds is 2. The Balaban J connectivity index is 1.21. The molecule has 5 heterocycles. The van der Waals surface area contributed by atoms with Crippen LogP contribution in [0.4, 0.5) is 17.1 Å². The maximum absolute atomic E-state index is 6.80. The number of fused-ring (bicyclic) bond motifs is 16. The van der Waals surface area contributed by atoms with Crippen molar-refractivity contribution in [1.29, 1.82) is 0 Å². The van der Waals surface area contributed by atoms with Crippen LogP contribution in [0.2, 0.25) is 0 Å². The molecule has 3 aliphatic rings. The Bertz CT molecular complexity index is 3780. The third-order valence-electron chi connectivity index (χ3n) is 14.5. The number of hydrogen-bond acceptors (Lipinski definition) is 3. The number of thiophene rings is 1. The summed E-state index contributed by atoms with van der Waals surface area (Å²) in [5, 5.41) is 6.32. The van der Waals surface area contributed by atoms with Crippen molar-refractivity contribution in [2.75, 3.05) is 4.90 Å². The van der Waals surface area contributed by atoms with Crippen LogP contribution in [0, 0.1) is 0 Å². The molecule has 0 radical (unpaired) electrons. The van der Waals surface area contributed by atoms with Crippen LogP contribution in [0.25, 0.3) is 86.5 Å². The molecule has 3 aromatic heterocycles. The number of hydrogen-bond donors (Lipinski definition) is 0. The summed E-state index contributed by atoms with van der Waals surface area (Å²) in [6.45, 7) is 11.8. The van der Waals surface area contributed by atoms with Crippen LogP contribution in [0.5, 0.6) is 0 Å². The van der Waals surface area contributed by atoms with Crippen LogP contribution < -0.4 is 15.8 Å². The Hall–Kier alpha value is -6.82. The molecule has 0 spiro atoms. The van der Waals surface area contributed by atoms with E-state index in [1.54, 1.807) is 0 Å². The molecule has 0 saturated carbocycles. The van der Waals surface area contributed by atoms with Gasteiger partial charge in [-0.1, -0.05) is 156 Å². The molecule has 1 aliphatic carbocycles. The highest BCUT2D eigenvalue weighted by Gasteiger charge is 2.49. The number of aromatic nitrogens is 1. The van der Waals surface area contributed by atoms with E-state index in [0.717, 1.165) is 33.3 Å². The summed E-state index contributed by atoms with van der Waals surface area (Å²) in [4.78, 5) is 3.94. The third-order valence-corrected chi connectivity index (χ3v) is 15.7. The molecular formula is C57H41BN2OS. The van der Waals surface area contributed by atoms with Crippen molar-refractivity contribution in [3.8, 4) is 33.4 Å². The molecule has 11 aromatic rings. The zero-order valence-electron chi connectivity index (χ0n) is 35.3. The van der Waals surface area contributed by atoms with E-state index in [9.17, 15) is 0 Å². The predicted molar refractivity (Wildman–Crippen MR) is 264 cm³/mol. The van der Waals surface area contributed by atoms with E-state index in [2.05, 4.69) is 202 Å². The molecule has 0 saturated heterocycles. The van der Waals surface area contributed by atoms with Crippen LogP contribution >= 0.6 is 11.3 Å². The van der Waals surface area contributed by atoms with Gasteiger partial charge in [-0.3, -0.25) is 0 Å². The van der Waals surface area contributed by atoms with Crippen LogP contribution in [0.3, 0.4) is 0 Å². The van der Waals surface area contributed by atoms with Crippen molar-refractivity contribution in [2.45, 2.75) is 45.4 Å². The zero-order chi connectivity index (χ0) is 41.4. The lowest BCUT2D eigenvalue weighted by Gasteiger charge is -2.42. The van der Waals surface area contributed by atoms with Crippen LogP contribution in [-0.2, 0) is 10.8 Å². The molecule has 294 valence electrons. The lowest BCUT2D eigenvalue weighted by Crippen LogP contribution is -2.57. The van der Waals surface area contributed by atoms with Crippen LogP contribution in [-0.4, -0.2) is 11.3 Å². The van der Waals surface area contributed by atoms with Gasteiger partial charge in [0.1, 0.15) is 11.2 Å². The summed E-state index contributed by atoms with van der Waals surface area (Å²) < 4.78 is 10.9. The fraction of sp³-hybridized carbons (Fsp3) is 0.123. The number of anilines is 3. The zero-order valence-corrected chi connectivity index (χ0v) is 36.1. The first-order chi connectivity index (χ1) is 30.2. The van der Waals surface area contributed by atoms with Gasteiger partial charge in [0.25, 0.3) is 0 Å². The van der Waals surface area contributed by atoms with Crippen LogP contribution in [0.1, 0.15) is 51.3 Å². The number of nitrogens with zero attached hydrogens (tertiary/aromatic N) is 2. The number of benzene rings is 8. The van der Waals surface area contributed by atoms with Crippen molar-refractivity contribution in [3.05, 3.63) is 174 Å². The predicted octanol–water partition coefficient (Wildman–Crippen LogP) is 14.6. The van der Waals surface area contributed by atoms with Gasteiger partial charge in [0, 0.05) is 71.1 Å². The maximum atomic E-state index is 6.80. The number of furan rings is 1. The molecule has 0 unspecified atom stereocenters. The van der Waals surface area contributed by atoms with Crippen molar-refractivity contribution in [2.24, 2.45) is 0 Å². The minimum absolute atomic E-state index is 0.0332. The summed E-state index contributed by atoms with van der Waals surface area (Å²) in [6.07, 6.45) is 0. The van der Waals surface area contributed by atoms with E-state index < -0.39 is 0 Å². The maximum Gasteiger partial charge on any atom is 0.333 e. The lowest BCUT2D eigenvalue weighted by atomic mass is 9.44. The normalized spacial score (nSPS) is 14.6.